The number of hydrogen-bond donors (Lipinski definition) is 1. The molecule has 4 nitrogen and oxygen atoms in total. The van der Waals surface area contributed by atoms with E-state index in [1.54, 1.807) is 0 Å². The van der Waals surface area contributed by atoms with Crippen LogP contribution in [-0.2, 0) is 9.53 Å². The van der Waals surface area contributed by atoms with Gasteiger partial charge in [-0.25, -0.2) is 0 Å². The molecule has 0 aromatic rings. The van der Waals surface area contributed by atoms with Crippen LogP contribution in [0.15, 0.2) is 0 Å². The Hall–Kier alpha value is -0.610. The van der Waals surface area contributed by atoms with E-state index in [2.05, 4.69) is 4.74 Å². The van der Waals surface area contributed by atoms with E-state index in [-0.39, 0.29) is 12.0 Å². The molecule has 12 heavy (non-hydrogen) atoms. The Morgan fingerprint density at radius 1 is 1.75 bits per heavy atom. The number of methoxy groups -OCH3 is 1. The molecular formula is C8H16N2O2. The van der Waals surface area contributed by atoms with Crippen molar-refractivity contribution in [2.45, 2.75) is 18.9 Å². The minimum atomic E-state index is -0.177. The van der Waals surface area contributed by atoms with E-state index in [4.69, 9.17) is 5.73 Å². The van der Waals surface area contributed by atoms with Gasteiger partial charge in [0.2, 0.25) is 0 Å². The van der Waals surface area contributed by atoms with Gasteiger partial charge in [-0.1, -0.05) is 0 Å². The highest BCUT2D eigenvalue weighted by Gasteiger charge is 2.18. The second-order valence-corrected chi connectivity index (χ2v) is 3.21. The lowest BCUT2D eigenvalue weighted by molar-refractivity contribution is -0.142. The molecule has 0 radical (unpaired) electrons. The van der Waals surface area contributed by atoms with E-state index in [0.29, 0.717) is 6.54 Å². The van der Waals surface area contributed by atoms with Gasteiger partial charge in [0.25, 0.3) is 0 Å². The SMILES string of the molecule is COC(=O)CN1CCC[C@H](N)C1. The van der Waals surface area contributed by atoms with E-state index < -0.39 is 0 Å². The molecule has 1 atom stereocenters. The summed E-state index contributed by atoms with van der Waals surface area (Å²) >= 11 is 0. The average molecular weight is 172 g/mol. The molecule has 0 unspecified atom stereocenters. The number of rotatable bonds is 2. The zero-order chi connectivity index (χ0) is 8.97. The van der Waals surface area contributed by atoms with E-state index in [1.165, 1.54) is 7.11 Å². The average Bonchev–Trinajstić information content (AvgIpc) is 2.04. The fraction of sp³-hybridized carbons (Fsp3) is 0.875. The molecule has 70 valence electrons. The minimum Gasteiger partial charge on any atom is -0.468 e. The molecule has 1 aliphatic heterocycles. The smallest absolute Gasteiger partial charge is 0.319 e. The Kier molecular flexibility index (Phi) is 3.49. The van der Waals surface area contributed by atoms with Crippen molar-refractivity contribution >= 4 is 5.97 Å². The summed E-state index contributed by atoms with van der Waals surface area (Å²) in [5.41, 5.74) is 5.75. The highest BCUT2D eigenvalue weighted by Crippen LogP contribution is 2.07. The monoisotopic (exact) mass is 172 g/mol. The molecule has 0 aliphatic carbocycles. The molecular weight excluding hydrogens is 156 g/mol. The number of esters is 1. The van der Waals surface area contributed by atoms with Crippen LogP contribution in [0.25, 0.3) is 0 Å². The number of likely N-dealkylation sites (tertiary alicyclic amines) is 1. The summed E-state index contributed by atoms with van der Waals surface area (Å²) in [5.74, 6) is -0.177. The molecule has 1 fully saturated rings. The Morgan fingerprint density at radius 3 is 3.08 bits per heavy atom. The first-order valence-corrected chi connectivity index (χ1v) is 4.27. The Labute approximate surface area is 72.7 Å². The Morgan fingerprint density at radius 2 is 2.50 bits per heavy atom. The van der Waals surface area contributed by atoms with Gasteiger partial charge in [-0.2, -0.15) is 0 Å². The first kappa shape index (κ1) is 9.48. The predicted octanol–water partition coefficient (Wildman–Crippen LogP) is -0.417. The van der Waals surface area contributed by atoms with Gasteiger partial charge in [0.05, 0.1) is 13.7 Å². The number of ether oxygens (including phenoxy) is 1. The van der Waals surface area contributed by atoms with Crippen molar-refractivity contribution in [3.05, 3.63) is 0 Å². The van der Waals surface area contributed by atoms with Gasteiger partial charge in [-0.3, -0.25) is 9.69 Å². The molecule has 4 heteroatoms. The second-order valence-electron chi connectivity index (χ2n) is 3.21. The summed E-state index contributed by atoms with van der Waals surface area (Å²) in [6.45, 7) is 2.15. The third-order valence-electron chi connectivity index (χ3n) is 2.12. The lowest BCUT2D eigenvalue weighted by atomic mass is 10.1. The number of hydrogen-bond acceptors (Lipinski definition) is 4. The third kappa shape index (κ3) is 2.79. The van der Waals surface area contributed by atoms with Crippen LogP contribution >= 0.6 is 0 Å². The van der Waals surface area contributed by atoms with Crippen molar-refractivity contribution in [3.8, 4) is 0 Å². The van der Waals surface area contributed by atoms with Gasteiger partial charge in [0, 0.05) is 12.6 Å². The normalized spacial score (nSPS) is 25.3. The summed E-state index contributed by atoms with van der Waals surface area (Å²) < 4.78 is 4.57. The van der Waals surface area contributed by atoms with Gasteiger partial charge in [-0.05, 0) is 19.4 Å². The van der Waals surface area contributed by atoms with E-state index in [0.717, 1.165) is 25.9 Å². The lowest BCUT2D eigenvalue weighted by Crippen LogP contribution is -2.44. The highest BCUT2D eigenvalue weighted by molar-refractivity contribution is 5.71. The number of nitrogens with two attached hydrogens (primary N) is 1. The summed E-state index contributed by atoms with van der Waals surface area (Å²) in [5, 5.41) is 0. The largest absolute Gasteiger partial charge is 0.468 e. The second kappa shape index (κ2) is 4.42. The van der Waals surface area contributed by atoms with Gasteiger partial charge < -0.3 is 10.5 Å². The molecule has 0 amide bonds. The maximum atomic E-state index is 10.9. The van der Waals surface area contributed by atoms with Crippen molar-refractivity contribution in [3.63, 3.8) is 0 Å². The van der Waals surface area contributed by atoms with E-state index in [1.807, 2.05) is 4.90 Å². The molecule has 1 saturated heterocycles. The third-order valence-corrected chi connectivity index (χ3v) is 2.12. The molecule has 0 aromatic carbocycles. The number of piperidine rings is 1. The van der Waals surface area contributed by atoms with Crippen LogP contribution in [0, 0.1) is 0 Å². The van der Waals surface area contributed by atoms with Crippen LogP contribution in [0.3, 0.4) is 0 Å². The molecule has 0 saturated carbocycles. The highest BCUT2D eigenvalue weighted by atomic mass is 16.5. The van der Waals surface area contributed by atoms with Crippen LogP contribution in [-0.4, -0.2) is 43.7 Å². The first-order valence-electron chi connectivity index (χ1n) is 4.27. The maximum absolute atomic E-state index is 10.9. The van der Waals surface area contributed by atoms with Crippen LogP contribution in [0.1, 0.15) is 12.8 Å². The summed E-state index contributed by atoms with van der Waals surface area (Å²) in [7, 11) is 1.41. The van der Waals surface area contributed by atoms with Crippen LogP contribution < -0.4 is 5.73 Å². The van der Waals surface area contributed by atoms with Crippen LogP contribution in [0.5, 0.6) is 0 Å². The van der Waals surface area contributed by atoms with Crippen LogP contribution in [0.2, 0.25) is 0 Å². The molecule has 0 aromatic heterocycles. The van der Waals surface area contributed by atoms with Gasteiger partial charge >= 0.3 is 5.97 Å². The van der Waals surface area contributed by atoms with E-state index >= 15 is 0 Å². The summed E-state index contributed by atoms with van der Waals surface area (Å²) in [6, 6.07) is 0.225. The molecule has 1 rings (SSSR count). The number of carbonyl (C=O) groups excluding carboxylic acids is 1. The minimum absolute atomic E-state index is 0.177. The molecule has 2 N–H and O–H groups in total. The topological polar surface area (TPSA) is 55.6 Å². The van der Waals surface area contributed by atoms with Crippen LogP contribution in [0.4, 0.5) is 0 Å². The Bertz CT molecular complexity index is 161. The van der Waals surface area contributed by atoms with Crippen molar-refractivity contribution in [1.82, 2.24) is 4.90 Å². The lowest BCUT2D eigenvalue weighted by Gasteiger charge is -2.29. The van der Waals surface area contributed by atoms with Crippen molar-refractivity contribution in [1.29, 1.82) is 0 Å². The quantitative estimate of drug-likeness (QED) is 0.575. The Balaban J connectivity index is 2.27. The fourth-order valence-electron chi connectivity index (χ4n) is 1.48. The zero-order valence-electron chi connectivity index (χ0n) is 7.45. The molecule has 0 bridgehead atoms. The number of nitrogens with zero attached hydrogens (tertiary/aromatic N) is 1. The fourth-order valence-corrected chi connectivity index (χ4v) is 1.48. The number of carbonyl (C=O) groups is 1. The molecule has 0 spiro atoms. The van der Waals surface area contributed by atoms with Crippen molar-refractivity contribution in [2.24, 2.45) is 5.73 Å². The van der Waals surface area contributed by atoms with Crippen molar-refractivity contribution in [2.75, 3.05) is 26.7 Å². The van der Waals surface area contributed by atoms with Gasteiger partial charge in [-0.15, -0.1) is 0 Å². The molecule has 1 heterocycles. The van der Waals surface area contributed by atoms with Gasteiger partial charge in [0.15, 0.2) is 0 Å². The predicted molar refractivity (Wildman–Crippen MR) is 45.7 cm³/mol. The standard InChI is InChI=1S/C8H16N2O2/c1-12-8(11)6-10-4-2-3-7(9)5-10/h7H,2-6,9H2,1H3/t7-/m0/s1. The van der Waals surface area contributed by atoms with E-state index in [9.17, 15) is 4.79 Å². The van der Waals surface area contributed by atoms with Crippen molar-refractivity contribution < 1.29 is 9.53 Å². The van der Waals surface area contributed by atoms with Gasteiger partial charge in [0.1, 0.15) is 0 Å². The summed E-state index contributed by atoms with van der Waals surface area (Å²) in [6.07, 6.45) is 2.15. The zero-order valence-corrected chi connectivity index (χ0v) is 7.45. The molecule has 1 aliphatic rings. The summed E-state index contributed by atoms with van der Waals surface area (Å²) in [4.78, 5) is 12.9. The maximum Gasteiger partial charge on any atom is 0.319 e. The first-order chi connectivity index (χ1) is 5.72.